The summed E-state index contributed by atoms with van der Waals surface area (Å²) in [7, 11) is 0. The van der Waals surface area contributed by atoms with Gasteiger partial charge in [-0.05, 0) is 23.9 Å². The van der Waals surface area contributed by atoms with E-state index in [2.05, 4.69) is 19.9 Å². The second kappa shape index (κ2) is 7.57. The summed E-state index contributed by atoms with van der Waals surface area (Å²) in [5, 5.41) is 0.973. The van der Waals surface area contributed by atoms with Crippen LogP contribution in [0.5, 0.6) is 0 Å². The molecule has 12 heteroatoms. The van der Waals surface area contributed by atoms with Crippen molar-refractivity contribution in [2.75, 3.05) is 5.73 Å². The average Bonchev–Trinajstić information content (AvgIpc) is 3.22. The lowest BCUT2D eigenvalue weighted by Gasteiger charge is -2.06. The van der Waals surface area contributed by atoms with Crippen molar-refractivity contribution < 1.29 is 13.2 Å². The number of fused-ring (bicyclic) bond motifs is 2. The number of rotatable bonds is 5. The highest BCUT2D eigenvalue weighted by atomic mass is 35.5. The second-order valence-corrected chi connectivity index (χ2v) is 8.18. The van der Waals surface area contributed by atoms with E-state index in [-0.39, 0.29) is 12.4 Å². The monoisotopic (exact) mass is 442 g/mol. The lowest BCUT2D eigenvalue weighted by Crippen LogP contribution is -2.02. The SMILES string of the molecule is Nc1ncnc2c1nc(Sc1nc3cccc(Cl)c3s1)n2CCC(F)=C(F)F. The molecule has 0 saturated heterocycles. The van der Waals surface area contributed by atoms with Crippen molar-refractivity contribution in [3.63, 3.8) is 0 Å². The quantitative estimate of drug-likeness (QED) is 0.452. The van der Waals surface area contributed by atoms with E-state index in [1.165, 1.54) is 34.0 Å². The van der Waals surface area contributed by atoms with Crippen LogP contribution in [0.1, 0.15) is 6.42 Å². The zero-order valence-electron chi connectivity index (χ0n) is 13.9. The molecule has 4 rings (SSSR count). The van der Waals surface area contributed by atoms with Gasteiger partial charge >= 0.3 is 6.08 Å². The molecule has 0 aliphatic rings. The van der Waals surface area contributed by atoms with Crippen LogP contribution in [0.2, 0.25) is 5.02 Å². The predicted octanol–water partition coefficient (Wildman–Crippen LogP) is 5.29. The van der Waals surface area contributed by atoms with Crippen molar-refractivity contribution in [2.24, 2.45) is 0 Å². The summed E-state index contributed by atoms with van der Waals surface area (Å²) >= 11 is 8.75. The number of hydrogen-bond acceptors (Lipinski definition) is 7. The highest BCUT2D eigenvalue weighted by Crippen LogP contribution is 2.38. The number of anilines is 1. The summed E-state index contributed by atoms with van der Waals surface area (Å²) < 4.78 is 41.2. The standard InChI is InChI=1S/C16H10ClF3N6S2/c17-7-2-1-3-9-11(7)27-16(24-9)28-15-25-10-13(21)22-6-23-14(10)26(15)5-4-8(18)12(19)20/h1-3,6H,4-5H2,(H2,21,22,23). The Morgan fingerprint density at radius 2 is 2.04 bits per heavy atom. The van der Waals surface area contributed by atoms with Crippen LogP contribution in [-0.4, -0.2) is 24.5 Å². The van der Waals surface area contributed by atoms with E-state index in [4.69, 9.17) is 17.3 Å². The molecule has 0 fully saturated rings. The van der Waals surface area contributed by atoms with Crippen molar-refractivity contribution in [1.29, 1.82) is 0 Å². The molecule has 0 spiro atoms. The van der Waals surface area contributed by atoms with Crippen molar-refractivity contribution in [1.82, 2.24) is 24.5 Å². The largest absolute Gasteiger partial charge is 0.382 e. The first-order valence-corrected chi connectivity index (χ1v) is 9.84. The molecular weight excluding hydrogens is 433 g/mol. The Labute approximate surface area is 169 Å². The minimum atomic E-state index is -2.34. The van der Waals surface area contributed by atoms with Crippen LogP contribution in [-0.2, 0) is 6.54 Å². The second-order valence-electron chi connectivity index (χ2n) is 5.56. The van der Waals surface area contributed by atoms with Crippen LogP contribution in [0.3, 0.4) is 0 Å². The minimum Gasteiger partial charge on any atom is -0.382 e. The zero-order chi connectivity index (χ0) is 19.8. The van der Waals surface area contributed by atoms with Gasteiger partial charge in [0.25, 0.3) is 0 Å². The average molecular weight is 443 g/mol. The topological polar surface area (TPSA) is 82.5 Å². The number of allylic oxidation sites excluding steroid dienone is 1. The molecule has 144 valence electrons. The van der Waals surface area contributed by atoms with E-state index in [1.54, 1.807) is 12.1 Å². The molecule has 0 unspecified atom stereocenters. The number of aryl methyl sites for hydroxylation is 1. The van der Waals surface area contributed by atoms with Gasteiger partial charge in [-0.3, -0.25) is 0 Å². The molecule has 0 radical (unpaired) electrons. The summed E-state index contributed by atoms with van der Waals surface area (Å²) in [5.41, 5.74) is 7.23. The van der Waals surface area contributed by atoms with Gasteiger partial charge in [-0.2, -0.15) is 8.78 Å². The maximum atomic E-state index is 13.3. The summed E-state index contributed by atoms with van der Waals surface area (Å²) in [6.07, 6.45) is -1.60. The van der Waals surface area contributed by atoms with Crippen LogP contribution in [0.15, 0.2) is 45.9 Å². The molecule has 28 heavy (non-hydrogen) atoms. The van der Waals surface area contributed by atoms with Gasteiger partial charge in [0, 0.05) is 13.0 Å². The molecule has 0 saturated carbocycles. The van der Waals surface area contributed by atoms with E-state index in [9.17, 15) is 13.2 Å². The van der Waals surface area contributed by atoms with Crippen LogP contribution in [0, 0.1) is 0 Å². The summed E-state index contributed by atoms with van der Waals surface area (Å²) in [6.45, 7) is -0.0931. The maximum absolute atomic E-state index is 13.3. The van der Waals surface area contributed by atoms with Gasteiger partial charge in [0.2, 0.25) is 0 Å². The molecular formula is C16H10ClF3N6S2. The number of imidazole rings is 1. The third-order valence-electron chi connectivity index (χ3n) is 3.81. The highest BCUT2D eigenvalue weighted by molar-refractivity contribution is 8.01. The van der Waals surface area contributed by atoms with E-state index in [1.807, 2.05) is 6.07 Å². The van der Waals surface area contributed by atoms with E-state index in [0.717, 1.165) is 10.2 Å². The Balaban J connectivity index is 1.76. The van der Waals surface area contributed by atoms with Gasteiger partial charge in [-0.15, -0.1) is 11.3 Å². The van der Waals surface area contributed by atoms with E-state index in [0.29, 0.717) is 25.7 Å². The maximum Gasteiger partial charge on any atom is 0.301 e. The predicted molar refractivity (Wildman–Crippen MR) is 103 cm³/mol. The fourth-order valence-electron chi connectivity index (χ4n) is 2.53. The smallest absolute Gasteiger partial charge is 0.301 e. The first-order chi connectivity index (χ1) is 13.4. The molecule has 1 aromatic carbocycles. The van der Waals surface area contributed by atoms with Crippen molar-refractivity contribution >= 4 is 61.9 Å². The van der Waals surface area contributed by atoms with Crippen LogP contribution in [0.4, 0.5) is 19.0 Å². The summed E-state index contributed by atoms with van der Waals surface area (Å²) in [5.74, 6) is -1.34. The molecule has 2 N–H and O–H groups in total. The van der Waals surface area contributed by atoms with E-state index < -0.39 is 18.3 Å². The first kappa shape index (κ1) is 19.0. The number of aromatic nitrogens is 5. The molecule has 0 aliphatic carbocycles. The van der Waals surface area contributed by atoms with Crippen LogP contribution >= 0.6 is 34.7 Å². The van der Waals surface area contributed by atoms with Gasteiger partial charge in [-0.25, -0.2) is 24.3 Å². The number of nitrogens with zero attached hydrogens (tertiary/aromatic N) is 5. The Bertz CT molecular complexity index is 1220. The van der Waals surface area contributed by atoms with Crippen LogP contribution in [0.25, 0.3) is 21.4 Å². The van der Waals surface area contributed by atoms with Crippen molar-refractivity contribution in [3.05, 3.63) is 41.5 Å². The number of thiazole rings is 1. The van der Waals surface area contributed by atoms with Crippen LogP contribution < -0.4 is 5.73 Å². The molecule has 0 atom stereocenters. The Morgan fingerprint density at radius 1 is 1.21 bits per heavy atom. The third-order valence-corrected chi connectivity index (χ3v) is 6.40. The van der Waals surface area contributed by atoms with E-state index >= 15 is 0 Å². The van der Waals surface area contributed by atoms with Gasteiger partial charge in [0.05, 0.1) is 15.2 Å². The molecule has 0 bridgehead atoms. The van der Waals surface area contributed by atoms with Gasteiger partial charge in [0.15, 0.2) is 32.3 Å². The Kier molecular flexibility index (Phi) is 5.13. The fraction of sp³-hybridized carbons (Fsp3) is 0.125. The Hall–Kier alpha value is -2.37. The molecule has 4 aromatic rings. The zero-order valence-corrected chi connectivity index (χ0v) is 16.3. The number of benzene rings is 1. The number of hydrogen-bond donors (Lipinski definition) is 1. The molecule has 0 aliphatic heterocycles. The number of nitrogens with two attached hydrogens (primary N) is 1. The minimum absolute atomic E-state index is 0.0931. The van der Waals surface area contributed by atoms with Gasteiger partial charge in [-0.1, -0.05) is 17.7 Å². The number of nitrogen functional groups attached to an aromatic ring is 1. The lowest BCUT2D eigenvalue weighted by molar-refractivity contribution is 0.365. The highest BCUT2D eigenvalue weighted by Gasteiger charge is 2.19. The van der Waals surface area contributed by atoms with Gasteiger partial charge < -0.3 is 10.3 Å². The molecule has 6 nitrogen and oxygen atoms in total. The third kappa shape index (κ3) is 3.52. The normalized spacial score (nSPS) is 11.4. The molecule has 0 amide bonds. The fourth-order valence-corrected chi connectivity index (χ4v) is 4.89. The summed E-state index contributed by atoms with van der Waals surface area (Å²) in [4.78, 5) is 16.9. The summed E-state index contributed by atoms with van der Waals surface area (Å²) in [6, 6.07) is 5.39. The van der Waals surface area contributed by atoms with Gasteiger partial charge in [0.1, 0.15) is 6.33 Å². The Morgan fingerprint density at radius 3 is 2.79 bits per heavy atom. The lowest BCUT2D eigenvalue weighted by atomic mass is 10.3. The molecule has 3 aromatic heterocycles. The van der Waals surface area contributed by atoms with Crippen molar-refractivity contribution in [2.45, 2.75) is 22.5 Å². The number of halogens is 4. The molecule has 3 heterocycles. The first-order valence-electron chi connectivity index (χ1n) is 7.83. The van der Waals surface area contributed by atoms with Crippen molar-refractivity contribution in [3.8, 4) is 0 Å².